The predicted molar refractivity (Wildman–Crippen MR) is 77.4 cm³/mol. The summed E-state index contributed by atoms with van der Waals surface area (Å²) < 4.78 is 0. The van der Waals surface area contributed by atoms with Crippen LogP contribution in [-0.4, -0.2) is 58.8 Å². The van der Waals surface area contributed by atoms with Crippen molar-refractivity contribution in [2.45, 2.75) is 18.9 Å². The maximum absolute atomic E-state index is 12.6. The fourth-order valence-electron chi connectivity index (χ4n) is 3.41. The number of fused-ring (bicyclic) bond motifs is 4. The average molecular weight is 288 g/mol. The molecule has 4 heterocycles. The largest absolute Gasteiger partial charge is 0.369 e. The van der Waals surface area contributed by atoms with E-state index in [0.29, 0.717) is 18.0 Å². The number of piperidine rings is 1. The van der Waals surface area contributed by atoms with Crippen molar-refractivity contribution in [2.24, 2.45) is 11.7 Å². The lowest BCUT2D eigenvalue weighted by molar-refractivity contribution is -0.120. The number of primary amides is 1. The van der Waals surface area contributed by atoms with Crippen molar-refractivity contribution in [3.05, 3.63) is 30.1 Å². The van der Waals surface area contributed by atoms with Crippen LogP contribution < -0.4 is 5.73 Å². The summed E-state index contributed by atoms with van der Waals surface area (Å²) in [6, 6.07) is 3.81. The van der Waals surface area contributed by atoms with Gasteiger partial charge in [-0.15, -0.1) is 0 Å². The summed E-state index contributed by atoms with van der Waals surface area (Å²) in [7, 11) is 0. The minimum Gasteiger partial charge on any atom is -0.369 e. The summed E-state index contributed by atoms with van der Waals surface area (Å²) in [6.45, 7) is 2.55. The van der Waals surface area contributed by atoms with Crippen molar-refractivity contribution in [2.75, 3.05) is 26.2 Å². The second-order valence-electron chi connectivity index (χ2n) is 5.94. The lowest BCUT2D eigenvalue weighted by Gasteiger charge is -2.34. The number of aromatic nitrogens is 1. The summed E-state index contributed by atoms with van der Waals surface area (Å²) in [5.41, 5.74) is 5.95. The molecule has 3 aliphatic heterocycles. The van der Waals surface area contributed by atoms with Crippen molar-refractivity contribution in [1.29, 1.82) is 0 Å². The predicted octanol–water partition coefficient (Wildman–Crippen LogP) is 0.103. The van der Waals surface area contributed by atoms with Crippen molar-refractivity contribution < 1.29 is 9.59 Å². The van der Waals surface area contributed by atoms with Gasteiger partial charge in [-0.1, -0.05) is 0 Å². The Bertz CT molecular complexity index is 534. The van der Waals surface area contributed by atoms with Gasteiger partial charge in [-0.05, 0) is 30.9 Å². The molecular formula is C15H20N4O2. The van der Waals surface area contributed by atoms with Crippen molar-refractivity contribution in [3.8, 4) is 0 Å². The topological polar surface area (TPSA) is 79.5 Å². The van der Waals surface area contributed by atoms with Crippen molar-refractivity contribution in [1.82, 2.24) is 14.8 Å². The number of pyridine rings is 1. The van der Waals surface area contributed by atoms with Gasteiger partial charge in [0.15, 0.2) is 0 Å². The van der Waals surface area contributed by atoms with E-state index >= 15 is 0 Å². The second kappa shape index (κ2) is 5.81. The Morgan fingerprint density at radius 1 is 1.29 bits per heavy atom. The minimum atomic E-state index is -0.298. The normalized spacial score (nSPS) is 25.6. The fourth-order valence-corrected chi connectivity index (χ4v) is 3.41. The lowest BCUT2D eigenvalue weighted by atomic mass is 9.95. The molecule has 0 aromatic carbocycles. The molecule has 0 spiro atoms. The van der Waals surface area contributed by atoms with Crippen LogP contribution in [0.5, 0.6) is 0 Å². The second-order valence-corrected chi connectivity index (χ2v) is 5.94. The third kappa shape index (κ3) is 3.05. The first kappa shape index (κ1) is 14.0. The van der Waals surface area contributed by atoms with Crippen LogP contribution >= 0.6 is 0 Å². The third-order valence-corrected chi connectivity index (χ3v) is 4.38. The number of hydrogen-bond acceptors (Lipinski definition) is 4. The summed E-state index contributed by atoms with van der Waals surface area (Å²) in [4.78, 5) is 31.8. The van der Waals surface area contributed by atoms with Gasteiger partial charge in [-0.3, -0.25) is 19.5 Å². The van der Waals surface area contributed by atoms with Crippen LogP contribution in [0.4, 0.5) is 0 Å². The summed E-state index contributed by atoms with van der Waals surface area (Å²) in [5, 5.41) is 0. The molecule has 3 aliphatic rings. The fraction of sp³-hybridized carbons (Fsp3) is 0.533. The van der Waals surface area contributed by atoms with Gasteiger partial charge in [0.25, 0.3) is 5.91 Å². The van der Waals surface area contributed by atoms with Gasteiger partial charge in [-0.25, -0.2) is 0 Å². The van der Waals surface area contributed by atoms with Gasteiger partial charge in [0, 0.05) is 38.1 Å². The maximum Gasteiger partial charge on any atom is 0.255 e. The molecule has 0 aliphatic carbocycles. The Morgan fingerprint density at radius 3 is 2.86 bits per heavy atom. The van der Waals surface area contributed by atoms with Crippen molar-refractivity contribution in [3.63, 3.8) is 0 Å². The highest BCUT2D eigenvalue weighted by Gasteiger charge is 2.36. The molecule has 2 N–H and O–H groups in total. The molecule has 2 atom stereocenters. The molecule has 3 saturated heterocycles. The Labute approximate surface area is 123 Å². The third-order valence-electron chi connectivity index (χ3n) is 4.38. The SMILES string of the molecule is NC(=O)CN1C[C@H]2CC[C@@H]1CN(C(=O)c1cccnc1)C2. The van der Waals surface area contributed by atoms with Gasteiger partial charge in [0.05, 0.1) is 12.1 Å². The highest BCUT2D eigenvalue weighted by atomic mass is 16.2. The summed E-state index contributed by atoms with van der Waals surface area (Å²) >= 11 is 0. The molecular weight excluding hydrogens is 268 g/mol. The highest BCUT2D eigenvalue weighted by molar-refractivity contribution is 5.94. The summed E-state index contributed by atoms with van der Waals surface area (Å²) in [5.74, 6) is 0.150. The smallest absolute Gasteiger partial charge is 0.255 e. The molecule has 21 heavy (non-hydrogen) atoms. The monoisotopic (exact) mass is 288 g/mol. The van der Waals surface area contributed by atoms with E-state index in [-0.39, 0.29) is 24.4 Å². The highest BCUT2D eigenvalue weighted by Crippen LogP contribution is 2.28. The first-order valence-electron chi connectivity index (χ1n) is 7.35. The maximum atomic E-state index is 12.6. The zero-order valence-corrected chi connectivity index (χ0v) is 11.9. The van der Waals surface area contributed by atoms with Gasteiger partial charge in [0.1, 0.15) is 0 Å². The molecule has 6 nitrogen and oxygen atoms in total. The van der Waals surface area contributed by atoms with Crippen LogP contribution in [-0.2, 0) is 4.79 Å². The van der Waals surface area contributed by atoms with Crippen LogP contribution in [0.3, 0.4) is 0 Å². The lowest BCUT2D eigenvalue weighted by Crippen LogP contribution is -2.47. The van der Waals surface area contributed by atoms with Gasteiger partial charge in [-0.2, -0.15) is 0 Å². The molecule has 4 rings (SSSR count). The van der Waals surface area contributed by atoms with Crippen LogP contribution in [0.15, 0.2) is 24.5 Å². The van der Waals surface area contributed by atoms with Crippen LogP contribution in [0, 0.1) is 5.92 Å². The first-order valence-corrected chi connectivity index (χ1v) is 7.35. The van der Waals surface area contributed by atoms with Crippen LogP contribution in [0.25, 0.3) is 0 Å². The van der Waals surface area contributed by atoms with E-state index in [1.807, 2.05) is 4.90 Å². The molecule has 0 unspecified atom stereocenters. The van der Waals surface area contributed by atoms with E-state index in [9.17, 15) is 9.59 Å². The van der Waals surface area contributed by atoms with E-state index in [1.54, 1.807) is 24.5 Å². The van der Waals surface area contributed by atoms with E-state index in [0.717, 1.165) is 25.9 Å². The average Bonchev–Trinajstić information content (AvgIpc) is 2.78. The van der Waals surface area contributed by atoms with Gasteiger partial charge < -0.3 is 10.6 Å². The zero-order chi connectivity index (χ0) is 14.8. The Kier molecular flexibility index (Phi) is 3.88. The number of nitrogens with zero attached hydrogens (tertiary/aromatic N) is 3. The molecule has 2 bridgehead atoms. The van der Waals surface area contributed by atoms with Crippen molar-refractivity contribution >= 4 is 11.8 Å². The van der Waals surface area contributed by atoms with Gasteiger partial charge >= 0.3 is 0 Å². The number of carbonyl (C=O) groups is 2. The summed E-state index contributed by atoms with van der Waals surface area (Å²) in [6.07, 6.45) is 5.40. The van der Waals surface area contributed by atoms with E-state index in [2.05, 4.69) is 9.88 Å². The number of carbonyl (C=O) groups excluding carboxylic acids is 2. The first-order chi connectivity index (χ1) is 10.1. The molecule has 2 amide bonds. The Morgan fingerprint density at radius 2 is 2.14 bits per heavy atom. The van der Waals surface area contributed by atoms with Crippen LogP contribution in [0.2, 0.25) is 0 Å². The number of amides is 2. The molecule has 0 saturated carbocycles. The van der Waals surface area contributed by atoms with Gasteiger partial charge in [0.2, 0.25) is 5.91 Å². The Balaban J connectivity index is 1.75. The number of rotatable bonds is 3. The van der Waals surface area contributed by atoms with E-state index in [4.69, 9.17) is 5.73 Å². The molecule has 1 aromatic heterocycles. The molecule has 6 heteroatoms. The van der Waals surface area contributed by atoms with Crippen LogP contribution in [0.1, 0.15) is 23.2 Å². The molecule has 3 fully saturated rings. The Hall–Kier alpha value is -1.95. The molecule has 1 aromatic rings. The minimum absolute atomic E-state index is 0.0286. The van der Waals surface area contributed by atoms with E-state index in [1.165, 1.54) is 0 Å². The quantitative estimate of drug-likeness (QED) is 0.855. The number of nitrogens with two attached hydrogens (primary N) is 1. The molecule has 112 valence electrons. The molecule has 0 radical (unpaired) electrons. The zero-order valence-electron chi connectivity index (χ0n) is 11.9. The van der Waals surface area contributed by atoms with E-state index < -0.39 is 0 Å². The number of hydrogen-bond donors (Lipinski definition) is 1. The standard InChI is InChI=1S/C15H20N4O2/c16-14(20)10-18-7-11-3-4-13(18)9-19(8-11)15(21)12-2-1-5-17-6-12/h1-2,5-6,11,13H,3-4,7-10H2,(H2,16,20)/t11-,13-/m1/s1.